The van der Waals surface area contributed by atoms with E-state index in [1.165, 1.54) is 38.5 Å². The van der Waals surface area contributed by atoms with E-state index < -0.39 is 0 Å². The standard InChI is InChI=1S/C20H32O2/c1-3-5-7-12-16-21-18-20(19-14-10-9-11-15-19)22-17-13-8-6-4-2/h9-11,14-15,18H,3-8,12-13,16-17H2,1-2H3. The molecule has 2 heteroatoms. The Hall–Kier alpha value is -1.44. The topological polar surface area (TPSA) is 18.5 Å². The lowest BCUT2D eigenvalue weighted by atomic mass is 10.2. The number of hydrogen-bond donors (Lipinski definition) is 0. The summed E-state index contributed by atoms with van der Waals surface area (Å²) >= 11 is 0. The number of benzene rings is 1. The third-order valence-corrected chi connectivity index (χ3v) is 3.62. The average molecular weight is 304 g/mol. The number of ether oxygens (including phenoxy) is 2. The molecule has 0 saturated heterocycles. The summed E-state index contributed by atoms with van der Waals surface area (Å²) in [7, 11) is 0. The Morgan fingerprint density at radius 3 is 2.09 bits per heavy atom. The molecule has 1 rings (SSSR count). The van der Waals surface area contributed by atoms with E-state index in [-0.39, 0.29) is 0 Å². The average Bonchev–Trinajstić information content (AvgIpc) is 2.56. The Balaban J connectivity index is 2.40. The Labute approximate surface area is 136 Å². The molecule has 0 amide bonds. The van der Waals surface area contributed by atoms with E-state index in [0.717, 1.165) is 37.4 Å². The molecule has 0 heterocycles. The van der Waals surface area contributed by atoms with Crippen LogP contribution in [0.25, 0.3) is 5.76 Å². The number of hydrogen-bond acceptors (Lipinski definition) is 2. The molecule has 0 N–H and O–H groups in total. The first-order valence-electron chi connectivity index (χ1n) is 8.88. The Morgan fingerprint density at radius 1 is 0.818 bits per heavy atom. The minimum Gasteiger partial charge on any atom is -0.497 e. The van der Waals surface area contributed by atoms with Gasteiger partial charge in [0.2, 0.25) is 0 Å². The lowest BCUT2D eigenvalue weighted by molar-refractivity contribution is 0.214. The van der Waals surface area contributed by atoms with Gasteiger partial charge in [-0.25, -0.2) is 0 Å². The monoisotopic (exact) mass is 304 g/mol. The maximum absolute atomic E-state index is 5.94. The Kier molecular flexibility index (Phi) is 11.2. The molecule has 0 aliphatic heterocycles. The first-order chi connectivity index (χ1) is 10.9. The summed E-state index contributed by atoms with van der Waals surface area (Å²) in [5.41, 5.74) is 1.09. The SMILES string of the molecule is CCCCCCOC=C(OCCCCCC)c1ccccc1. The molecule has 0 aliphatic carbocycles. The quantitative estimate of drug-likeness (QED) is 0.320. The summed E-state index contributed by atoms with van der Waals surface area (Å²) in [5, 5.41) is 0. The third kappa shape index (κ3) is 8.76. The fourth-order valence-corrected chi connectivity index (χ4v) is 2.25. The van der Waals surface area contributed by atoms with Crippen molar-refractivity contribution in [1.82, 2.24) is 0 Å². The van der Waals surface area contributed by atoms with E-state index >= 15 is 0 Å². The highest BCUT2D eigenvalue weighted by Crippen LogP contribution is 2.17. The summed E-state index contributed by atoms with van der Waals surface area (Å²) < 4.78 is 11.6. The molecule has 0 atom stereocenters. The van der Waals surface area contributed by atoms with Gasteiger partial charge in [-0.05, 0) is 12.8 Å². The van der Waals surface area contributed by atoms with Crippen LogP contribution in [0.15, 0.2) is 36.6 Å². The van der Waals surface area contributed by atoms with Crippen LogP contribution in [0, 0.1) is 0 Å². The van der Waals surface area contributed by atoms with Crippen molar-refractivity contribution in [2.45, 2.75) is 65.2 Å². The molecule has 0 radical (unpaired) electrons. The van der Waals surface area contributed by atoms with Crippen LogP contribution in [0.5, 0.6) is 0 Å². The number of rotatable bonds is 13. The number of unbranched alkanes of at least 4 members (excludes halogenated alkanes) is 6. The summed E-state index contributed by atoms with van der Waals surface area (Å²) in [6.45, 7) is 5.98. The maximum Gasteiger partial charge on any atom is 0.160 e. The van der Waals surface area contributed by atoms with Crippen molar-refractivity contribution in [3.63, 3.8) is 0 Å². The summed E-state index contributed by atoms with van der Waals surface area (Å²) in [4.78, 5) is 0. The molecule has 1 aromatic rings. The molecule has 0 bridgehead atoms. The van der Waals surface area contributed by atoms with Crippen LogP contribution in [0.3, 0.4) is 0 Å². The molecule has 0 saturated carbocycles. The zero-order valence-electron chi connectivity index (χ0n) is 14.4. The zero-order valence-corrected chi connectivity index (χ0v) is 14.4. The van der Waals surface area contributed by atoms with Gasteiger partial charge in [0.15, 0.2) is 5.76 Å². The molecule has 124 valence electrons. The smallest absolute Gasteiger partial charge is 0.160 e. The van der Waals surface area contributed by atoms with Crippen LogP contribution >= 0.6 is 0 Å². The zero-order chi connectivity index (χ0) is 15.9. The molecule has 22 heavy (non-hydrogen) atoms. The van der Waals surface area contributed by atoms with E-state index in [2.05, 4.69) is 26.0 Å². The van der Waals surface area contributed by atoms with Gasteiger partial charge in [0, 0.05) is 5.56 Å². The van der Waals surface area contributed by atoms with Gasteiger partial charge in [-0.2, -0.15) is 0 Å². The predicted molar refractivity (Wildman–Crippen MR) is 94.6 cm³/mol. The second-order valence-electron chi connectivity index (χ2n) is 5.69. The van der Waals surface area contributed by atoms with Crippen LogP contribution in [0.4, 0.5) is 0 Å². The van der Waals surface area contributed by atoms with E-state index in [4.69, 9.17) is 9.47 Å². The normalized spacial score (nSPS) is 11.5. The maximum atomic E-state index is 5.94. The molecule has 0 fully saturated rings. The van der Waals surface area contributed by atoms with Crippen molar-refractivity contribution in [2.75, 3.05) is 13.2 Å². The van der Waals surface area contributed by atoms with Gasteiger partial charge in [-0.1, -0.05) is 82.7 Å². The second-order valence-corrected chi connectivity index (χ2v) is 5.69. The van der Waals surface area contributed by atoms with Crippen molar-refractivity contribution in [1.29, 1.82) is 0 Å². The highest BCUT2D eigenvalue weighted by Gasteiger charge is 2.03. The van der Waals surface area contributed by atoms with E-state index in [1.54, 1.807) is 6.26 Å². The third-order valence-electron chi connectivity index (χ3n) is 3.62. The Bertz CT molecular complexity index is 384. The van der Waals surface area contributed by atoms with Crippen LogP contribution in [0.1, 0.15) is 70.8 Å². The van der Waals surface area contributed by atoms with E-state index in [9.17, 15) is 0 Å². The Morgan fingerprint density at radius 2 is 1.45 bits per heavy atom. The lowest BCUT2D eigenvalue weighted by Crippen LogP contribution is -1.97. The predicted octanol–water partition coefficient (Wildman–Crippen LogP) is 6.18. The minimum absolute atomic E-state index is 0.764. The minimum atomic E-state index is 0.764. The van der Waals surface area contributed by atoms with Crippen molar-refractivity contribution in [3.8, 4) is 0 Å². The van der Waals surface area contributed by atoms with Crippen LogP contribution in [-0.4, -0.2) is 13.2 Å². The van der Waals surface area contributed by atoms with Crippen molar-refractivity contribution < 1.29 is 9.47 Å². The lowest BCUT2D eigenvalue weighted by Gasteiger charge is -2.11. The van der Waals surface area contributed by atoms with Gasteiger partial charge in [0.05, 0.1) is 13.2 Å². The molecule has 0 spiro atoms. The fraction of sp³-hybridized carbons (Fsp3) is 0.600. The largest absolute Gasteiger partial charge is 0.497 e. The first-order valence-corrected chi connectivity index (χ1v) is 8.88. The van der Waals surface area contributed by atoms with Crippen LogP contribution in [-0.2, 0) is 9.47 Å². The van der Waals surface area contributed by atoms with Crippen molar-refractivity contribution in [2.24, 2.45) is 0 Å². The second kappa shape index (κ2) is 13.2. The molecule has 0 aliphatic rings. The van der Waals surface area contributed by atoms with Gasteiger partial charge in [0.1, 0.15) is 6.26 Å². The highest BCUT2D eigenvalue weighted by atomic mass is 16.5. The molecular formula is C20H32O2. The highest BCUT2D eigenvalue weighted by molar-refractivity contribution is 5.58. The molecule has 1 aromatic carbocycles. The molecule has 0 aromatic heterocycles. The van der Waals surface area contributed by atoms with E-state index in [1.807, 2.05) is 18.2 Å². The van der Waals surface area contributed by atoms with Crippen molar-refractivity contribution in [3.05, 3.63) is 42.2 Å². The van der Waals surface area contributed by atoms with E-state index in [0.29, 0.717) is 0 Å². The fourth-order valence-electron chi connectivity index (χ4n) is 2.25. The first kappa shape index (κ1) is 18.6. The molecular weight excluding hydrogens is 272 g/mol. The summed E-state index contributed by atoms with van der Waals surface area (Å²) in [6, 6.07) is 10.2. The summed E-state index contributed by atoms with van der Waals surface area (Å²) in [5.74, 6) is 0.854. The van der Waals surface area contributed by atoms with Gasteiger partial charge in [-0.15, -0.1) is 0 Å². The van der Waals surface area contributed by atoms with Crippen molar-refractivity contribution >= 4 is 5.76 Å². The van der Waals surface area contributed by atoms with Crippen LogP contribution in [0.2, 0.25) is 0 Å². The molecule has 0 unspecified atom stereocenters. The van der Waals surface area contributed by atoms with Gasteiger partial charge < -0.3 is 9.47 Å². The summed E-state index contributed by atoms with van der Waals surface area (Å²) in [6.07, 6.45) is 11.6. The van der Waals surface area contributed by atoms with Crippen LogP contribution < -0.4 is 0 Å². The molecule has 2 nitrogen and oxygen atoms in total. The van der Waals surface area contributed by atoms with Gasteiger partial charge in [0.25, 0.3) is 0 Å². The van der Waals surface area contributed by atoms with Gasteiger partial charge >= 0.3 is 0 Å². The van der Waals surface area contributed by atoms with Gasteiger partial charge in [-0.3, -0.25) is 0 Å².